The van der Waals surface area contributed by atoms with E-state index >= 15 is 0 Å². The predicted octanol–water partition coefficient (Wildman–Crippen LogP) is 1.85. The van der Waals surface area contributed by atoms with E-state index in [1.54, 1.807) is 0 Å². The van der Waals surface area contributed by atoms with Crippen LogP contribution in [0, 0.1) is 0 Å². The first-order chi connectivity index (χ1) is 3.86. The summed E-state index contributed by atoms with van der Waals surface area (Å²) < 4.78 is 0. The first kappa shape index (κ1) is 8.02. The second kappa shape index (κ2) is 2.89. The summed E-state index contributed by atoms with van der Waals surface area (Å²) in [4.78, 5) is 0.779. The van der Waals surface area contributed by atoms with Gasteiger partial charge in [0.15, 0.2) is 0 Å². The minimum atomic E-state index is 0. The lowest BCUT2D eigenvalue weighted by atomic mass is 10.0. The highest BCUT2D eigenvalue weighted by atomic mass is 79.9. The average Bonchev–Trinajstić information content (AvgIpc) is 2.23. The molecule has 54 valence electrons. The molecule has 0 aromatic heterocycles. The third-order valence-electron chi connectivity index (χ3n) is 2.22. The van der Waals surface area contributed by atoms with Crippen molar-refractivity contribution in [2.24, 2.45) is 0 Å². The van der Waals surface area contributed by atoms with Crippen LogP contribution < -0.4 is 5.32 Å². The molecule has 2 saturated heterocycles. The number of alkyl halides is 1. The van der Waals surface area contributed by atoms with Crippen molar-refractivity contribution < 1.29 is 0 Å². The third-order valence-corrected chi connectivity index (χ3v) is 3.23. The molecule has 0 amide bonds. The Kier molecular flexibility index (Phi) is 2.57. The lowest BCUT2D eigenvalue weighted by molar-refractivity contribution is 0.594. The average molecular weight is 257 g/mol. The van der Waals surface area contributed by atoms with Gasteiger partial charge in [0.25, 0.3) is 0 Å². The first-order valence-electron chi connectivity index (χ1n) is 3.26. The van der Waals surface area contributed by atoms with Gasteiger partial charge in [-0.1, -0.05) is 15.9 Å². The molecule has 0 aliphatic carbocycles. The fourth-order valence-corrected chi connectivity index (χ4v) is 2.63. The molecule has 0 aromatic rings. The Balaban J connectivity index is 0.000000405. The van der Waals surface area contributed by atoms with E-state index in [9.17, 15) is 0 Å². The molecule has 0 radical (unpaired) electrons. The Labute approximate surface area is 74.5 Å². The van der Waals surface area contributed by atoms with Gasteiger partial charge in [-0.05, 0) is 19.3 Å². The maximum Gasteiger partial charge on any atom is 0.0314 e. The molecule has 9 heavy (non-hydrogen) atoms. The smallest absolute Gasteiger partial charge is 0.0314 e. The van der Waals surface area contributed by atoms with E-state index in [0.29, 0.717) is 0 Å². The molecule has 3 atom stereocenters. The summed E-state index contributed by atoms with van der Waals surface area (Å²) in [6.07, 6.45) is 4.15. The van der Waals surface area contributed by atoms with Crippen LogP contribution in [0.5, 0.6) is 0 Å². The van der Waals surface area contributed by atoms with Crippen molar-refractivity contribution in [1.82, 2.24) is 5.32 Å². The van der Waals surface area contributed by atoms with E-state index in [2.05, 4.69) is 21.2 Å². The van der Waals surface area contributed by atoms with E-state index in [1.807, 2.05) is 0 Å². The van der Waals surface area contributed by atoms with Crippen molar-refractivity contribution >= 4 is 32.9 Å². The zero-order valence-electron chi connectivity index (χ0n) is 5.14. The van der Waals surface area contributed by atoms with E-state index in [-0.39, 0.29) is 17.0 Å². The van der Waals surface area contributed by atoms with Crippen LogP contribution in [0.1, 0.15) is 19.3 Å². The molecule has 2 bridgehead atoms. The topological polar surface area (TPSA) is 12.0 Å². The molecule has 0 spiro atoms. The number of hydrogen-bond acceptors (Lipinski definition) is 1. The summed E-state index contributed by atoms with van der Waals surface area (Å²) in [6, 6.07) is 1.66. The zero-order chi connectivity index (χ0) is 5.56. The van der Waals surface area contributed by atoms with Crippen molar-refractivity contribution in [1.29, 1.82) is 0 Å². The number of fused-ring (bicyclic) bond motifs is 2. The molecule has 1 nitrogen and oxygen atoms in total. The minimum Gasteiger partial charge on any atom is -0.310 e. The van der Waals surface area contributed by atoms with E-state index in [1.165, 1.54) is 19.3 Å². The summed E-state index contributed by atoms with van der Waals surface area (Å²) >= 11 is 3.63. The second-order valence-electron chi connectivity index (χ2n) is 2.80. The summed E-state index contributed by atoms with van der Waals surface area (Å²) in [7, 11) is 0. The lowest BCUT2D eigenvalue weighted by Crippen LogP contribution is -2.22. The summed E-state index contributed by atoms with van der Waals surface area (Å²) in [5, 5.41) is 3.53. The molecule has 3 heteroatoms. The number of halogens is 2. The highest BCUT2D eigenvalue weighted by molar-refractivity contribution is 9.09. The van der Waals surface area contributed by atoms with Crippen LogP contribution in [-0.2, 0) is 0 Å². The van der Waals surface area contributed by atoms with Gasteiger partial charge in [0, 0.05) is 16.9 Å². The van der Waals surface area contributed by atoms with Crippen molar-refractivity contribution in [3.63, 3.8) is 0 Å². The van der Waals surface area contributed by atoms with Gasteiger partial charge >= 0.3 is 0 Å². The van der Waals surface area contributed by atoms with Crippen LogP contribution in [0.15, 0.2) is 0 Å². The third kappa shape index (κ3) is 1.33. The van der Waals surface area contributed by atoms with Crippen LogP contribution in [0.2, 0.25) is 0 Å². The molecular formula is C6H11Br2N. The van der Waals surface area contributed by atoms with Gasteiger partial charge in [-0.25, -0.2) is 0 Å². The largest absolute Gasteiger partial charge is 0.310 e. The zero-order valence-corrected chi connectivity index (χ0v) is 8.44. The van der Waals surface area contributed by atoms with E-state index in [0.717, 1.165) is 16.9 Å². The molecule has 0 unspecified atom stereocenters. The maximum atomic E-state index is 3.63. The molecule has 0 saturated carbocycles. The van der Waals surface area contributed by atoms with Crippen LogP contribution in [0.4, 0.5) is 0 Å². The Hall–Kier alpha value is 0.920. The summed E-state index contributed by atoms with van der Waals surface area (Å²) in [5.41, 5.74) is 0. The standard InChI is InChI=1S/C6H10BrN.BrH/c7-5-3-4-1-2-6(5)8-4;/h4-6,8H,1-3H2;1H/t4-,5+,6+;/m0./s1. The molecular weight excluding hydrogens is 246 g/mol. The van der Waals surface area contributed by atoms with Crippen LogP contribution in [0.25, 0.3) is 0 Å². The number of rotatable bonds is 0. The molecule has 2 aliphatic rings. The molecule has 1 N–H and O–H groups in total. The molecule has 2 heterocycles. The van der Waals surface area contributed by atoms with Gasteiger partial charge in [-0.15, -0.1) is 17.0 Å². The summed E-state index contributed by atoms with van der Waals surface area (Å²) in [6.45, 7) is 0. The Morgan fingerprint density at radius 3 is 2.33 bits per heavy atom. The predicted molar refractivity (Wildman–Crippen MR) is 47.6 cm³/mol. The highest BCUT2D eigenvalue weighted by Gasteiger charge is 2.37. The fraction of sp³-hybridized carbons (Fsp3) is 1.00. The quantitative estimate of drug-likeness (QED) is 0.653. The van der Waals surface area contributed by atoms with Crippen molar-refractivity contribution in [2.75, 3.05) is 0 Å². The van der Waals surface area contributed by atoms with Gasteiger partial charge < -0.3 is 5.32 Å². The Morgan fingerprint density at radius 1 is 1.33 bits per heavy atom. The second-order valence-corrected chi connectivity index (χ2v) is 3.98. The monoisotopic (exact) mass is 255 g/mol. The normalized spacial score (nSPS) is 47.0. The SMILES string of the molecule is Br.Br[C@@H]1C[C@@H]2CC[C@H]1N2. The van der Waals surface area contributed by atoms with Crippen LogP contribution in [-0.4, -0.2) is 16.9 Å². The van der Waals surface area contributed by atoms with Crippen molar-refractivity contribution in [2.45, 2.75) is 36.2 Å². The van der Waals surface area contributed by atoms with Gasteiger partial charge in [-0.3, -0.25) is 0 Å². The molecule has 0 aromatic carbocycles. The summed E-state index contributed by atoms with van der Waals surface area (Å²) in [5.74, 6) is 0. The van der Waals surface area contributed by atoms with Crippen LogP contribution >= 0.6 is 32.9 Å². The molecule has 2 aliphatic heterocycles. The fourth-order valence-electron chi connectivity index (χ4n) is 1.76. The van der Waals surface area contributed by atoms with Gasteiger partial charge in [-0.2, -0.15) is 0 Å². The minimum absolute atomic E-state index is 0. The number of hydrogen-bond donors (Lipinski definition) is 1. The molecule has 2 fully saturated rings. The van der Waals surface area contributed by atoms with Gasteiger partial charge in [0.2, 0.25) is 0 Å². The lowest BCUT2D eigenvalue weighted by Gasteiger charge is -2.11. The van der Waals surface area contributed by atoms with Gasteiger partial charge in [0.1, 0.15) is 0 Å². The Bertz CT molecular complexity index is 105. The van der Waals surface area contributed by atoms with Crippen molar-refractivity contribution in [3.8, 4) is 0 Å². The highest BCUT2D eigenvalue weighted by Crippen LogP contribution is 2.32. The Morgan fingerprint density at radius 2 is 2.11 bits per heavy atom. The first-order valence-corrected chi connectivity index (χ1v) is 4.18. The van der Waals surface area contributed by atoms with E-state index in [4.69, 9.17) is 0 Å². The van der Waals surface area contributed by atoms with Gasteiger partial charge in [0.05, 0.1) is 0 Å². The van der Waals surface area contributed by atoms with E-state index < -0.39 is 0 Å². The van der Waals surface area contributed by atoms with Crippen molar-refractivity contribution in [3.05, 3.63) is 0 Å². The number of nitrogens with one attached hydrogen (secondary N) is 1. The maximum absolute atomic E-state index is 3.63. The molecule has 2 rings (SSSR count). The van der Waals surface area contributed by atoms with Crippen LogP contribution in [0.3, 0.4) is 0 Å².